The molecule has 0 radical (unpaired) electrons. The van der Waals surface area contributed by atoms with Crippen LogP contribution in [0.5, 0.6) is 0 Å². The van der Waals surface area contributed by atoms with Gasteiger partial charge in [-0.1, -0.05) is 20.8 Å². The molecule has 0 saturated heterocycles. The van der Waals surface area contributed by atoms with Gasteiger partial charge in [-0.05, 0) is 28.3 Å². The van der Waals surface area contributed by atoms with Crippen LogP contribution in [0.4, 0.5) is 5.82 Å². The fraction of sp³-hybridized carbons (Fsp3) is 0.615. The summed E-state index contributed by atoms with van der Waals surface area (Å²) < 4.78 is 0.732. The van der Waals surface area contributed by atoms with E-state index in [1.54, 1.807) is 6.07 Å². The number of hydrogen-bond donors (Lipinski definition) is 2. The van der Waals surface area contributed by atoms with Crippen LogP contribution in [0.2, 0.25) is 0 Å². The molecule has 1 aromatic heterocycles. The van der Waals surface area contributed by atoms with E-state index in [2.05, 4.69) is 57.3 Å². The van der Waals surface area contributed by atoms with Gasteiger partial charge in [0.05, 0.1) is 6.54 Å². The highest BCUT2D eigenvalue weighted by Gasteiger charge is 2.05. The number of amides is 1. The van der Waals surface area contributed by atoms with Crippen LogP contribution < -0.4 is 10.6 Å². The normalized spacial score (nSPS) is 10.6. The molecule has 0 spiro atoms. The summed E-state index contributed by atoms with van der Waals surface area (Å²) in [5.41, 5.74) is 0. The van der Waals surface area contributed by atoms with Gasteiger partial charge in [0.25, 0.3) is 0 Å². The number of halogens is 1. The summed E-state index contributed by atoms with van der Waals surface area (Å²) in [7, 11) is 0. The van der Waals surface area contributed by atoms with Crippen molar-refractivity contribution in [2.45, 2.75) is 33.6 Å². The Bertz CT molecular complexity index is 423. The summed E-state index contributed by atoms with van der Waals surface area (Å²) in [6, 6.07) is 1.77. The summed E-state index contributed by atoms with van der Waals surface area (Å²) in [4.78, 5) is 20.2. The molecular weight excluding hydrogens is 308 g/mol. The van der Waals surface area contributed by atoms with Gasteiger partial charge >= 0.3 is 0 Å². The van der Waals surface area contributed by atoms with Crippen molar-refractivity contribution in [3.63, 3.8) is 0 Å². The minimum Gasteiger partial charge on any atom is -0.361 e. The van der Waals surface area contributed by atoms with E-state index in [4.69, 9.17) is 0 Å². The lowest BCUT2D eigenvalue weighted by molar-refractivity contribution is -0.119. The number of nitrogens with zero attached hydrogens (tertiary/aromatic N) is 2. The Hall–Kier alpha value is -1.17. The molecule has 0 unspecified atom stereocenters. The van der Waals surface area contributed by atoms with Crippen LogP contribution in [-0.2, 0) is 11.2 Å². The molecule has 0 atom stereocenters. The Morgan fingerprint density at radius 2 is 2.16 bits per heavy atom. The van der Waals surface area contributed by atoms with Gasteiger partial charge in [-0.3, -0.25) is 4.79 Å². The summed E-state index contributed by atoms with van der Waals surface area (Å²) in [6.45, 7) is 7.12. The maximum absolute atomic E-state index is 11.6. The molecule has 19 heavy (non-hydrogen) atoms. The molecule has 1 aromatic rings. The highest BCUT2D eigenvalue weighted by molar-refractivity contribution is 9.10. The van der Waals surface area contributed by atoms with Gasteiger partial charge in [0.2, 0.25) is 5.91 Å². The molecule has 0 aromatic carbocycles. The zero-order valence-corrected chi connectivity index (χ0v) is 13.2. The molecule has 6 heteroatoms. The molecule has 2 N–H and O–H groups in total. The highest BCUT2D eigenvalue weighted by atomic mass is 79.9. The Morgan fingerprint density at radius 3 is 2.79 bits per heavy atom. The van der Waals surface area contributed by atoms with Crippen LogP contribution in [0.25, 0.3) is 0 Å². The quantitative estimate of drug-likeness (QED) is 0.754. The largest absolute Gasteiger partial charge is 0.361 e. The van der Waals surface area contributed by atoms with E-state index in [9.17, 15) is 4.79 Å². The van der Waals surface area contributed by atoms with Crippen LogP contribution >= 0.6 is 15.9 Å². The van der Waals surface area contributed by atoms with E-state index in [-0.39, 0.29) is 12.5 Å². The molecule has 1 heterocycles. The maximum atomic E-state index is 11.6. The van der Waals surface area contributed by atoms with E-state index in [1.165, 1.54) is 0 Å². The lowest BCUT2D eigenvalue weighted by atomic mass is 10.2. The van der Waals surface area contributed by atoms with E-state index in [1.807, 2.05) is 0 Å². The second-order valence-corrected chi connectivity index (χ2v) is 5.61. The molecule has 1 amide bonds. The fourth-order valence-electron chi connectivity index (χ4n) is 1.44. The molecule has 0 aliphatic carbocycles. The third-order valence-corrected chi connectivity index (χ3v) is 2.76. The van der Waals surface area contributed by atoms with Crippen molar-refractivity contribution in [3.05, 3.63) is 16.5 Å². The second-order valence-electron chi connectivity index (χ2n) is 4.79. The number of nitrogens with one attached hydrogen (secondary N) is 2. The van der Waals surface area contributed by atoms with Crippen LogP contribution in [0.1, 0.15) is 33.0 Å². The topological polar surface area (TPSA) is 66.9 Å². The molecule has 1 rings (SSSR count). The standard InChI is InChI=1S/C13H21BrN4O/c1-4-5-11-17-10(14)6-12(18-11)15-8-13(19)16-7-9(2)3/h6,9H,4-5,7-8H2,1-3H3,(H,16,19)(H,15,17,18). The predicted molar refractivity (Wildman–Crippen MR) is 80.1 cm³/mol. The number of hydrogen-bond acceptors (Lipinski definition) is 4. The molecule has 0 saturated carbocycles. The molecule has 106 valence electrons. The lowest BCUT2D eigenvalue weighted by Crippen LogP contribution is -2.32. The first-order valence-electron chi connectivity index (χ1n) is 6.55. The average molecular weight is 329 g/mol. The summed E-state index contributed by atoms with van der Waals surface area (Å²) in [5.74, 6) is 1.88. The zero-order valence-electron chi connectivity index (χ0n) is 11.7. The van der Waals surface area contributed by atoms with Gasteiger partial charge in [-0.25, -0.2) is 9.97 Å². The SMILES string of the molecule is CCCc1nc(Br)cc(NCC(=O)NCC(C)C)n1. The second kappa shape index (κ2) is 8.09. The molecule has 5 nitrogen and oxygen atoms in total. The van der Waals surface area contributed by atoms with E-state index in [0.717, 1.165) is 23.3 Å². The van der Waals surface area contributed by atoms with Crippen molar-refractivity contribution in [1.82, 2.24) is 15.3 Å². The number of rotatable bonds is 7. The summed E-state index contributed by atoms with van der Waals surface area (Å²) in [6.07, 6.45) is 1.82. The predicted octanol–water partition coefficient (Wildman–Crippen LogP) is 2.38. The first-order chi connectivity index (χ1) is 9.01. The Balaban J connectivity index is 2.50. The van der Waals surface area contributed by atoms with E-state index >= 15 is 0 Å². The first kappa shape index (κ1) is 15.9. The van der Waals surface area contributed by atoms with Crippen molar-refractivity contribution in [1.29, 1.82) is 0 Å². The number of carbonyl (C=O) groups excluding carboxylic acids is 1. The fourth-order valence-corrected chi connectivity index (χ4v) is 1.86. The zero-order chi connectivity index (χ0) is 14.3. The van der Waals surface area contributed by atoms with Gasteiger partial charge < -0.3 is 10.6 Å². The Labute approximate surface area is 122 Å². The number of carbonyl (C=O) groups is 1. The monoisotopic (exact) mass is 328 g/mol. The van der Waals surface area contributed by atoms with Crippen LogP contribution in [0.3, 0.4) is 0 Å². The van der Waals surface area contributed by atoms with Crippen LogP contribution in [0.15, 0.2) is 10.7 Å². The summed E-state index contributed by atoms with van der Waals surface area (Å²) in [5, 5.41) is 5.86. The van der Waals surface area contributed by atoms with Crippen LogP contribution in [-0.4, -0.2) is 29.0 Å². The van der Waals surface area contributed by atoms with Crippen molar-refractivity contribution < 1.29 is 4.79 Å². The molecule has 0 aliphatic heterocycles. The molecular formula is C13H21BrN4O. The third-order valence-electron chi connectivity index (χ3n) is 2.35. The number of aromatic nitrogens is 2. The lowest BCUT2D eigenvalue weighted by Gasteiger charge is -2.09. The van der Waals surface area contributed by atoms with Crippen molar-refractivity contribution in [3.8, 4) is 0 Å². The van der Waals surface area contributed by atoms with Gasteiger partial charge in [0.15, 0.2) is 0 Å². The van der Waals surface area contributed by atoms with Gasteiger partial charge in [-0.2, -0.15) is 0 Å². The molecule has 0 aliphatic rings. The van der Waals surface area contributed by atoms with Crippen LogP contribution in [0, 0.1) is 5.92 Å². The van der Waals surface area contributed by atoms with Gasteiger partial charge in [0.1, 0.15) is 16.2 Å². The maximum Gasteiger partial charge on any atom is 0.239 e. The smallest absolute Gasteiger partial charge is 0.239 e. The van der Waals surface area contributed by atoms with Crippen molar-refractivity contribution >= 4 is 27.7 Å². The van der Waals surface area contributed by atoms with Gasteiger partial charge in [0, 0.05) is 19.0 Å². The minimum atomic E-state index is -0.0273. The number of aryl methyl sites for hydroxylation is 1. The Kier molecular flexibility index (Phi) is 6.77. The van der Waals surface area contributed by atoms with E-state index < -0.39 is 0 Å². The highest BCUT2D eigenvalue weighted by Crippen LogP contribution is 2.12. The van der Waals surface area contributed by atoms with E-state index in [0.29, 0.717) is 18.3 Å². The summed E-state index contributed by atoms with van der Waals surface area (Å²) >= 11 is 3.35. The molecule has 0 fully saturated rings. The first-order valence-corrected chi connectivity index (χ1v) is 7.34. The Morgan fingerprint density at radius 1 is 1.42 bits per heavy atom. The third kappa shape index (κ3) is 6.52. The van der Waals surface area contributed by atoms with Crippen molar-refractivity contribution in [2.24, 2.45) is 5.92 Å². The van der Waals surface area contributed by atoms with Crippen molar-refractivity contribution in [2.75, 3.05) is 18.4 Å². The molecule has 0 bridgehead atoms. The number of anilines is 1. The minimum absolute atomic E-state index is 0.0273. The average Bonchev–Trinajstić information content (AvgIpc) is 2.33. The van der Waals surface area contributed by atoms with Gasteiger partial charge in [-0.15, -0.1) is 0 Å².